The number of esters is 1. The molecule has 0 bridgehead atoms. The molecule has 0 radical (unpaired) electrons. The summed E-state index contributed by atoms with van der Waals surface area (Å²) in [7, 11) is 0. The van der Waals surface area contributed by atoms with Gasteiger partial charge < -0.3 is 39.4 Å². The number of rotatable bonds is 52. The normalized spacial score (nSPS) is 19.2. The summed E-state index contributed by atoms with van der Waals surface area (Å²) in [6.07, 6.45) is 55.1. The second-order valence-electron chi connectivity index (χ2n) is 20.5. The number of carbonyl (C=O) groups is 1. The van der Waals surface area contributed by atoms with Crippen molar-refractivity contribution < 1.29 is 44.2 Å². The number of carbonyl (C=O) groups excluding carboxylic acids is 1. The van der Waals surface area contributed by atoms with Crippen LogP contribution in [-0.2, 0) is 23.7 Å². The Morgan fingerprint density at radius 3 is 1.26 bits per heavy atom. The molecule has 0 aromatic rings. The molecule has 6 atom stereocenters. The highest BCUT2D eigenvalue weighted by Gasteiger charge is 2.44. The summed E-state index contributed by atoms with van der Waals surface area (Å²) in [5.74, 6) is -0.306. The Morgan fingerprint density at radius 2 is 0.853 bits per heavy atom. The molecule has 0 spiro atoms. The second-order valence-corrected chi connectivity index (χ2v) is 20.5. The maximum atomic E-state index is 12.9. The Morgan fingerprint density at radius 1 is 0.471 bits per heavy atom. The lowest BCUT2D eigenvalue weighted by Crippen LogP contribution is -2.59. The molecule has 0 saturated carbocycles. The fraction of sp³-hybridized carbons (Fsp3) is 0.915. The van der Waals surface area contributed by atoms with E-state index in [9.17, 15) is 25.2 Å². The van der Waals surface area contributed by atoms with Gasteiger partial charge in [0.25, 0.3) is 0 Å². The lowest BCUT2D eigenvalue weighted by molar-refractivity contribution is -0.305. The van der Waals surface area contributed by atoms with Gasteiger partial charge in [-0.05, 0) is 44.9 Å². The molecule has 1 fully saturated rings. The largest absolute Gasteiger partial charge is 0.457 e. The van der Waals surface area contributed by atoms with Crippen LogP contribution in [0.15, 0.2) is 24.3 Å². The molecule has 6 unspecified atom stereocenters. The van der Waals surface area contributed by atoms with Crippen molar-refractivity contribution in [1.29, 1.82) is 0 Å². The predicted octanol–water partition coefficient (Wildman–Crippen LogP) is 15.3. The number of allylic oxidation sites excluding steroid dienone is 4. The fourth-order valence-electron chi connectivity index (χ4n) is 9.29. The first-order chi connectivity index (χ1) is 33.4. The molecule has 9 heteroatoms. The molecule has 4 N–H and O–H groups in total. The van der Waals surface area contributed by atoms with Gasteiger partial charge in [-0.1, -0.05) is 256 Å². The lowest BCUT2D eigenvalue weighted by atomic mass is 9.99. The summed E-state index contributed by atoms with van der Waals surface area (Å²) in [6, 6.07) is 0. The minimum Gasteiger partial charge on any atom is -0.457 e. The van der Waals surface area contributed by atoms with Gasteiger partial charge in [0.05, 0.1) is 19.8 Å². The molecular weight excluding hydrogens is 853 g/mol. The van der Waals surface area contributed by atoms with E-state index < -0.39 is 43.4 Å². The highest BCUT2D eigenvalue weighted by Crippen LogP contribution is 2.23. The van der Waals surface area contributed by atoms with E-state index in [0.29, 0.717) is 13.0 Å². The van der Waals surface area contributed by atoms with Crippen molar-refractivity contribution in [2.45, 2.75) is 320 Å². The summed E-state index contributed by atoms with van der Waals surface area (Å²) >= 11 is 0. The third-order valence-electron chi connectivity index (χ3n) is 13.9. The van der Waals surface area contributed by atoms with Crippen molar-refractivity contribution in [3.8, 4) is 0 Å². The zero-order chi connectivity index (χ0) is 49.2. The fourth-order valence-corrected chi connectivity index (χ4v) is 9.29. The van der Waals surface area contributed by atoms with Gasteiger partial charge in [0.1, 0.15) is 30.5 Å². The molecule has 1 aliphatic heterocycles. The van der Waals surface area contributed by atoms with Crippen molar-refractivity contribution in [2.24, 2.45) is 0 Å². The Bertz CT molecular complexity index is 1100. The van der Waals surface area contributed by atoms with Crippen LogP contribution >= 0.6 is 0 Å². The Kier molecular flexibility index (Phi) is 48.1. The second kappa shape index (κ2) is 50.6. The van der Waals surface area contributed by atoms with Crippen molar-refractivity contribution >= 4 is 5.97 Å². The number of hydrogen-bond donors (Lipinski definition) is 4. The monoisotopic (exact) mass is 965 g/mol. The van der Waals surface area contributed by atoms with Crippen LogP contribution in [0.3, 0.4) is 0 Å². The van der Waals surface area contributed by atoms with Gasteiger partial charge >= 0.3 is 5.97 Å². The summed E-state index contributed by atoms with van der Waals surface area (Å²) in [6.45, 7) is 4.61. The van der Waals surface area contributed by atoms with Crippen LogP contribution in [0.25, 0.3) is 0 Å². The van der Waals surface area contributed by atoms with Crippen LogP contribution in [0.1, 0.15) is 284 Å². The third-order valence-corrected chi connectivity index (χ3v) is 13.9. The first-order valence-electron chi connectivity index (χ1n) is 29.4. The first kappa shape index (κ1) is 64.7. The van der Waals surface area contributed by atoms with E-state index in [1.807, 2.05) is 0 Å². The minimum absolute atomic E-state index is 0.108. The highest BCUT2D eigenvalue weighted by atomic mass is 16.7. The van der Waals surface area contributed by atoms with E-state index in [-0.39, 0.29) is 19.2 Å². The number of hydrogen-bond acceptors (Lipinski definition) is 9. The van der Waals surface area contributed by atoms with Crippen LogP contribution in [0.2, 0.25) is 0 Å². The van der Waals surface area contributed by atoms with Gasteiger partial charge in [0.2, 0.25) is 0 Å². The maximum Gasteiger partial charge on any atom is 0.306 e. The molecule has 0 aliphatic carbocycles. The number of unbranched alkanes of at least 4 members (excludes halogenated alkanes) is 37. The molecule has 0 amide bonds. The van der Waals surface area contributed by atoms with Gasteiger partial charge in [-0.25, -0.2) is 0 Å². The average Bonchev–Trinajstić information content (AvgIpc) is 3.34. The van der Waals surface area contributed by atoms with Gasteiger partial charge in [0, 0.05) is 13.0 Å². The smallest absolute Gasteiger partial charge is 0.306 e. The van der Waals surface area contributed by atoms with Crippen LogP contribution < -0.4 is 0 Å². The molecule has 1 saturated heterocycles. The first-order valence-corrected chi connectivity index (χ1v) is 29.4. The quantitative estimate of drug-likeness (QED) is 0.0267. The summed E-state index contributed by atoms with van der Waals surface area (Å²) in [5, 5.41) is 40.4. The van der Waals surface area contributed by atoms with E-state index in [0.717, 1.165) is 38.5 Å². The lowest BCUT2D eigenvalue weighted by Gasteiger charge is -2.39. The summed E-state index contributed by atoms with van der Waals surface area (Å²) < 4.78 is 23.0. The predicted molar refractivity (Wildman–Crippen MR) is 284 cm³/mol. The molecule has 68 heavy (non-hydrogen) atoms. The maximum absolute atomic E-state index is 12.9. The minimum atomic E-state index is -1.53. The zero-order valence-electron chi connectivity index (χ0n) is 44.6. The zero-order valence-corrected chi connectivity index (χ0v) is 44.6. The third kappa shape index (κ3) is 40.3. The van der Waals surface area contributed by atoms with Gasteiger partial charge in [-0.2, -0.15) is 0 Å². The number of aliphatic hydroxyl groups excluding tert-OH is 4. The van der Waals surface area contributed by atoms with E-state index in [1.54, 1.807) is 0 Å². The van der Waals surface area contributed by atoms with E-state index in [4.69, 9.17) is 18.9 Å². The molecule has 402 valence electrons. The van der Waals surface area contributed by atoms with Crippen molar-refractivity contribution in [2.75, 3.05) is 26.4 Å². The molecule has 1 aliphatic rings. The molecule has 0 aromatic carbocycles. The topological polar surface area (TPSA) is 135 Å². The van der Waals surface area contributed by atoms with Gasteiger partial charge in [-0.3, -0.25) is 4.79 Å². The summed E-state index contributed by atoms with van der Waals surface area (Å²) in [4.78, 5) is 12.9. The van der Waals surface area contributed by atoms with Crippen molar-refractivity contribution in [1.82, 2.24) is 0 Å². The number of ether oxygens (including phenoxy) is 4. The molecular formula is C59H112O9. The molecule has 9 nitrogen and oxygen atoms in total. The van der Waals surface area contributed by atoms with E-state index in [1.165, 1.54) is 225 Å². The summed E-state index contributed by atoms with van der Waals surface area (Å²) in [5.41, 5.74) is 0. The molecule has 0 aromatic heterocycles. The molecule has 1 rings (SSSR count). The standard InChI is InChI=1S/C59H112O9/c1-3-5-7-9-11-13-15-17-19-21-23-24-25-26-27-28-29-31-33-35-37-39-41-43-45-47-49-65-51-53(52-66-59-58(64)57(63)56(62)54(50-60)68-59)67-55(61)48-46-44-42-40-38-36-34-32-30-22-20-18-16-14-12-10-8-6-4-2/h15,17,21,23,53-54,56-60,62-64H,3-14,16,18-20,22,24-52H2,1-2H3/b17-15-,23-21-. The van der Waals surface area contributed by atoms with Gasteiger partial charge in [-0.15, -0.1) is 0 Å². The van der Waals surface area contributed by atoms with Gasteiger partial charge in [0.15, 0.2) is 6.29 Å². The van der Waals surface area contributed by atoms with Crippen LogP contribution in [0.4, 0.5) is 0 Å². The van der Waals surface area contributed by atoms with Crippen LogP contribution in [0, 0.1) is 0 Å². The number of aliphatic hydroxyl groups is 4. The highest BCUT2D eigenvalue weighted by molar-refractivity contribution is 5.69. The van der Waals surface area contributed by atoms with Crippen LogP contribution in [-0.4, -0.2) is 89.6 Å². The average molecular weight is 966 g/mol. The van der Waals surface area contributed by atoms with E-state index >= 15 is 0 Å². The van der Waals surface area contributed by atoms with Crippen LogP contribution in [0.5, 0.6) is 0 Å². The van der Waals surface area contributed by atoms with E-state index in [2.05, 4.69) is 38.2 Å². The SMILES string of the molecule is CCCCCCC/C=C\C/C=C\CCCCCCCCCCCCCCCCOCC(COC1OC(CO)C(O)C(O)C1O)OC(=O)CCCCCCCCCCCCCCCCCCCCC. The Balaban J connectivity index is 2.12. The van der Waals surface area contributed by atoms with Crippen molar-refractivity contribution in [3.63, 3.8) is 0 Å². The molecule has 1 heterocycles. The Hall–Kier alpha value is -1.33. The van der Waals surface area contributed by atoms with Crippen molar-refractivity contribution in [3.05, 3.63) is 24.3 Å². The Labute approximate surface area is 419 Å².